The number of esters is 1. The lowest BCUT2D eigenvalue weighted by molar-refractivity contribution is -0.139. The molecule has 1 aliphatic heterocycles. The first-order valence-corrected chi connectivity index (χ1v) is 11.7. The zero-order valence-electron chi connectivity index (χ0n) is 16.7. The van der Waals surface area contributed by atoms with Gasteiger partial charge in [0.05, 0.1) is 19.3 Å². The molecule has 3 atom stereocenters. The van der Waals surface area contributed by atoms with Crippen molar-refractivity contribution in [3.63, 3.8) is 0 Å². The Morgan fingerprint density at radius 2 is 1.96 bits per heavy atom. The summed E-state index contributed by atoms with van der Waals surface area (Å²) in [7, 11) is -0.257. The Hall–Kier alpha value is -0.733. The first kappa shape index (κ1) is 22.3. The molecule has 1 aliphatic rings. The van der Waals surface area contributed by atoms with E-state index in [1.54, 1.807) is 14.0 Å². The number of ether oxygens (including phenoxy) is 4. The molecule has 0 aromatic carbocycles. The summed E-state index contributed by atoms with van der Waals surface area (Å²) < 4.78 is 27.6. The summed E-state index contributed by atoms with van der Waals surface area (Å²) in [6.07, 6.45) is -0.0920. The van der Waals surface area contributed by atoms with Gasteiger partial charge in [-0.25, -0.2) is 4.79 Å². The molecule has 0 amide bonds. The van der Waals surface area contributed by atoms with Gasteiger partial charge in [0.15, 0.2) is 8.32 Å². The Bertz CT molecular complexity index is 457. The quantitative estimate of drug-likeness (QED) is 0.182. The number of methoxy groups -OCH3 is 1. The fraction of sp³-hybridized carbons (Fsp3) is 0.833. The lowest BCUT2D eigenvalue weighted by atomic mass is 10.1. The number of carbonyl (C=O) groups excluding carboxylic acids is 1. The second-order valence-electron chi connectivity index (χ2n) is 7.85. The van der Waals surface area contributed by atoms with E-state index in [0.29, 0.717) is 25.2 Å². The van der Waals surface area contributed by atoms with Crippen LogP contribution < -0.4 is 0 Å². The molecule has 7 heteroatoms. The molecule has 25 heavy (non-hydrogen) atoms. The fourth-order valence-electron chi connectivity index (χ4n) is 2.11. The van der Waals surface area contributed by atoms with Gasteiger partial charge in [-0.2, -0.15) is 0 Å². The average Bonchev–Trinajstić information content (AvgIpc) is 3.28. The first-order chi connectivity index (χ1) is 11.5. The molecule has 0 bridgehead atoms. The lowest BCUT2D eigenvalue weighted by Crippen LogP contribution is -2.42. The standard InChI is InChI=1S/C18H34O6Si/c1-9-21-17(19)13(2)10-14(22-12-20-6)16-15(24-16)11-23-25(7,8)18(3,4)5/h14-16H,2,9-12H2,1,3-8H3/t14-,15-,16+/m1/s1. The van der Waals surface area contributed by atoms with Crippen LogP contribution >= 0.6 is 0 Å². The van der Waals surface area contributed by atoms with Gasteiger partial charge in [-0.05, 0) is 25.1 Å². The SMILES string of the molecule is C=C(C[C@@H](OCOC)[C@@H]1O[C@@H]1CO[Si](C)(C)C(C)(C)C)C(=O)OCC. The van der Waals surface area contributed by atoms with Gasteiger partial charge < -0.3 is 23.4 Å². The zero-order valence-corrected chi connectivity index (χ0v) is 17.7. The number of hydrogen-bond donors (Lipinski definition) is 0. The maximum absolute atomic E-state index is 11.8. The number of epoxide rings is 1. The van der Waals surface area contributed by atoms with Gasteiger partial charge in [0.1, 0.15) is 19.0 Å². The second kappa shape index (κ2) is 9.28. The molecule has 0 spiro atoms. The number of carbonyl (C=O) groups is 1. The summed E-state index contributed by atoms with van der Waals surface area (Å²) in [6, 6.07) is 0. The molecule has 1 rings (SSSR count). The van der Waals surface area contributed by atoms with E-state index in [1.165, 1.54) is 0 Å². The molecule has 0 N–H and O–H groups in total. The molecule has 1 fully saturated rings. The normalized spacial score (nSPS) is 21.7. The Kier molecular flexibility index (Phi) is 8.28. The van der Waals surface area contributed by atoms with Crippen molar-refractivity contribution < 1.29 is 28.2 Å². The van der Waals surface area contributed by atoms with E-state index in [4.69, 9.17) is 23.4 Å². The molecule has 1 heterocycles. The van der Waals surface area contributed by atoms with E-state index in [1.807, 2.05) is 0 Å². The third-order valence-corrected chi connectivity index (χ3v) is 9.32. The van der Waals surface area contributed by atoms with Crippen molar-refractivity contribution in [2.45, 2.75) is 70.6 Å². The highest BCUT2D eigenvalue weighted by Crippen LogP contribution is 2.38. The molecule has 0 saturated carbocycles. The molecule has 1 saturated heterocycles. The zero-order chi connectivity index (χ0) is 19.3. The van der Waals surface area contributed by atoms with Gasteiger partial charge >= 0.3 is 5.97 Å². The minimum absolute atomic E-state index is 0.0222. The summed E-state index contributed by atoms with van der Waals surface area (Å²) >= 11 is 0. The molecule has 0 aromatic rings. The Morgan fingerprint density at radius 3 is 2.48 bits per heavy atom. The molecule has 0 aromatic heterocycles. The van der Waals surface area contributed by atoms with Crippen LogP contribution in [0.3, 0.4) is 0 Å². The van der Waals surface area contributed by atoms with E-state index in [0.717, 1.165) is 0 Å². The molecule has 6 nitrogen and oxygen atoms in total. The molecule has 0 aliphatic carbocycles. The van der Waals surface area contributed by atoms with Crippen molar-refractivity contribution in [2.75, 3.05) is 27.1 Å². The second-order valence-corrected chi connectivity index (χ2v) is 12.7. The molecule has 0 unspecified atom stereocenters. The molecule has 146 valence electrons. The van der Waals surface area contributed by atoms with E-state index in [-0.39, 0.29) is 30.1 Å². The van der Waals surface area contributed by atoms with Crippen LogP contribution in [0.1, 0.15) is 34.1 Å². The number of hydrogen-bond acceptors (Lipinski definition) is 6. The van der Waals surface area contributed by atoms with Gasteiger partial charge in [-0.1, -0.05) is 27.4 Å². The Morgan fingerprint density at radius 1 is 1.32 bits per heavy atom. The minimum Gasteiger partial charge on any atom is -0.463 e. The highest BCUT2D eigenvalue weighted by atomic mass is 28.4. The summed E-state index contributed by atoms with van der Waals surface area (Å²) in [5.41, 5.74) is 0.377. The van der Waals surface area contributed by atoms with Crippen LogP contribution in [0.25, 0.3) is 0 Å². The first-order valence-electron chi connectivity index (χ1n) is 8.78. The number of rotatable bonds is 11. The van der Waals surface area contributed by atoms with Gasteiger partial charge in [-0.3, -0.25) is 0 Å². The van der Waals surface area contributed by atoms with Crippen LogP contribution in [-0.4, -0.2) is 59.7 Å². The Balaban J connectivity index is 2.56. The maximum Gasteiger partial charge on any atom is 0.333 e. The predicted molar refractivity (Wildman–Crippen MR) is 98.9 cm³/mol. The van der Waals surface area contributed by atoms with Crippen LogP contribution in [-0.2, 0) is 28.2 Å². The van der Waals surface area contributed by atoms with Crippen molar-refractivity contribution in [3.8, 4) is 0 Å². The molecule has 0 radical (unpaired) electrons. The van der Waals surface area contributed by atoms with Crippen molar-refractivity contribution in [2.24, 2.45) is 0 Å². The molecular weight excluding hydrogens is 340 g/mol. The van der Waals surface area contributed by atoms with Gasteiger partial charge in [0, 0.05) is 19.1 Å². The van der Waals surface area contributed by atoms with E-state index >= 15 is 0 Å². The summed E-state index contributed by atoms with van der Waals surface area (Å²) in [6.45, 7) is 17.6. The monoisotopic (exact) mass is 374 g/mol. The molecular formula is C18H34O6Si. The van der Waals surface area contributed by atoms with Crippen LogP contribution in [0.5, 0.6) is 0 Å². The summed E-state index contributed by atoms with van der Waals surface area (Å²) in [5.74, 6) is -0.400. The third-order valence-electron chi connectivity index (χ3n) is 4.81. The highest BCUT2D eigenvalue weighted by Gasteiger charge is 2.48. The van der Waals surface area contributed by atoms with E-state index < -0.39 is 14.3 Å². The third kappa shape index (κ3) is 6.82. The van der Waals surface area contributed by atoms with Crippen LogP contribution in [0, 0.1) is 0 Å². The van der Waals surface area contributed by atoms with Crippen molar-refractivity contribution in [3.05, 3.63) is 12.2 Å². The largest absolute Gasteiger partial charge is 0.463 e. The predicted octanol–water partition coefficient (Wildman–Crippen LogP) is 3.27. The van der Waals surface area contributed by atoms with Crippen LogP contribution in [0.2, 0.25) is 18.1 Å². The average molecular weight is 375 g/mol. The fourth-order valence-corrected chi connectivity index (χ4v) is 3.12. The highest BCUT2D eigenvalue weighted by molar-refractivity contribution is 6.74. The smallest absolute Gasteiger partial charge is 0.333 e. The van der Waals surface area contributed by atoms with Crippen LogP contribution in [0.15, 0.2) is 12.2 Å². The summed E-state index contributed by atoms with van der Waals surface area (Å²) in [4.78, 5) is 11.8. The summed E-state index contributed by atoms with van der Waals surface area (Å²) in [5, 5.41) is 0.154. The maximum atomic E-state index is 11.8. The van der Waals surface area contributed by atoms with Gasteiger partial charge in [-0.15, -0.1) is 0 Å². The minimum atomic E-state index is -1.82. The lowest BCUT2D eigenvalue weighted by Gasteiger charge is -2.36. The van der Waals surface area contributed by atoms with Gasteiger partial charge in [0.2, 0.25) is 0 Å². The van der Waals surface area contributed by atoms with Crippen molar-refractivity contribution in [1.82, 2.24) is 0 Å². The topological polar surface area (TPSA) is 66.5 Å². The van der Waals surface area contributed by atoms with Crippen LogP contribution in [0.4, 0.5) is 0 Å². The van der Waals surface area contributed by atoms with Crippen molar-refractivity contribution in [1.29, 1.82) is 0 Å². The van der Waals surface area contributed by atoms with Gasteiger partial charge in [0.25, 0.3) is 0 Å². The van der Waals surface area contributed by atoms with Crippen molar-refractivity contribution >= 4 is 14.3 Å². The van der Waals surface area contributed by atoms with E-state index in [2.05, 4.69) is 40.4 Å². The van der Waals surface area contributed by atoms with E-state index in [9.17, 15) is 4.79 Å². The Labute approximate surface area is 152 Å².